The molecule has 0 aromatic carbocycles. The van der Waals surface area contributed by atoms with Crippen molar-refractivity contribution in [3.8, 4) is 0 Å². The van der Waals surface area contributed by atoms with Crippen molar-refractivity contribution >= 4 is 24.2 Å². The summed E-state index contributed by atoms with van der Waals surface area (Å²) in [6.07, 6.45) is 5.75. The fourth-order valence-corrected chi connectivity index (χ4v) is 4.40. The molecule has 2 heterocycles. The number of thioether (sulfide) groups is 1. The summed E-state index contributed by atoms with van der Waals surface area (Å²) < 4.78 is 0. The second-order valence-corrected chi connectivity index (χ2v) is 7.02. The average molecular weight is 279 g/mol. The Morgan fingerprint density at radius 2 is 1.88 bits per heavy atom. The molecule has 0 N–H and O–H groups in total. The van der Waals surface area contributed by atoms with Crippen molar-refractivity contribution in [2.75, 3.05) is 51.8 Å². The topological polar surface area (TPSA) is 6.48 Å². The third kappa shape index (κ3) is 4.62. The zero-order valence-electron chi connectivity index (χ0n) is 11.3. The number of hydrogen-bond donors (Lipinski definition) is 0. The molecular weight excluding hydrogens is 252 g/mol. The first-order valence-electron chi connectivity index (χ1n) is 6.65. The predicted octanol–water partition coefficient (Wildman–Crippen LogP) is 2.58. The zero-order chi connectivity index (χ0) is 11.4. The highest BCUT2D eigenvalue weighted by molar-refractivity contribution is 7.99. The second kappa shape index (κ2) is 7.22. The van der Waals surface area contributed by atoms with E-state index in [4.69, 9.17) is 0 Å². The van der Waals surface area contributed by atoms with Gasteiger partial charge in [0.25, 0.3) is 0 Å². The highest BCUT2D eigenvalue weighted by atomic mass is 35.5. The van der Waals surface area contributed by atoms with Gasteiger partial charge in [0, 0.05) is 6.54 Å². The predicted molar refractivity (Wildman–Crippen MR) is 80.5 cm³/mol. The molecule has 2 aliphatic heterocycles. The van der Waals surface area contributed by atoms with Crippen LogP contribution in [0.1, 0.15) is 25.7 Å². The van der Waals surface area contributed by atoms with E-state index in [1.54, 1.807) is 0 Å². The Balaban J connectivity index is 0.00000144. The van der Waals surface area contributed by atoms with Gasteiger partial charge in [0.15, 0.2) is 0 Å². The van der Waals surface area contributed by atoms with Crippen molar-refractivity contribution in [1.82, 2.24) is 9.80 Å². The Kier molecular flexibility index (Phi) is 6.64. The van der Waals surface area contributed by atoms with Gasteiger partial charge in [-0.15, -0.1) is 12.4 Å². The van der Waals surface area contributed by atoms with Crippen LogP contribution in [0, 0.1) is 5.41 Å². The van der Waals surface area contributed by atoms with E-state index in [-0.39, 0.29) is 12.4 Å². The van der Waals surface area contributed by atoms with Crippen LogP contribution < -0.4 is 0 Å². The molecule has 17 heavy (non-hydrogen) atoms. The summed E-state index contributed by atoms with van der Waals surface area (Å²) in [4.78, 5) is 5.00. The summed E-state index contributed by atoms with van der Waals surface area (Å²) >= 11 is 2.15. The first-order valence-corrected chi connectivity index (χ1v) is 7.81. The Morgan fingerprint density at radius 1 is 1.18 bits per heavy atom. The molecule has 1 spiro atoms. The number of halogens is 1. The van der Waals surface area contributed by atoms with Gasteiger partial charge in [0.1, 0.15) is 0 Å². The summed E-state index contributed by atoms with van der Waals surface area (Å²) in [6.45, 7) is 5.30. The molecule has 0 atom stereocenters. The SMILES string of the molecule is CN(C)CCCN1CCC2(CCSCC2)C1.Cl. The monoisotopic (exact) mass is 278 g/mol. The van der Waals surface area contributed by atoms with Crippen LogP contribution in [0.3, 0.4) is 0 Å². The minimum atomic E-state index is 0. The lowest BCUT2D eigenvalue weighted by molar-refractivity contribution is 0.232. The van der Waals surface area contributed by atoms with E-state index < -0.39 is 0 Å². The van der Waals surface area contributed by atoms with E-state index >= 15 is 0 Å². The number of nitrogens with zero attached hydrogens (tertiary/aromatic N) is 2. The molecule has 2 fully saturated rings. The largest absolute Gasteiger partial charge is 0.309 e. The highest BCUT2D eigenvalue weighted by Gasteiger charge is 2.38. The van der Waals surface area contributed by atoms with Gasteiger partial charge in [-0.25, -0.2) is 0 Å². The third-order valence-electron chi connectivity index (χ3n) is 4.15. The molecule has 0 aromatic heterocycles. The van der Waals surface area contributed by atoms with Crippen LogP contribution in [0.2, 0.25) is 0 Å². The zero-order valence-corrected chi connectivity index (χ0v) is 12.9. The average Bonchev–Trinajstić information content (AvgIpc) is 2.62. The van der Waals surface area contributed by atoms with E-state index in [0.29, 0.717) is 0 Å². The van der Waals surface area contributed by atoms with Gasteiger partial charge < -0.3 is 9.80 Å². The molecule has 0 aromatic rings. The maximum atomic E-state index is 2.71. The van der Waals surface area contributed by atoms with Crippen LogP contribution in [-0.2, 0) is 0 Å². The van der Waals surface area contributed by atoms with Crippen LogP contribution in [0.4, 0.5) is 0 Å². The van der Waals surface area contributed by atoms with Crippen LogP contribution in [0.15, 0.2) is 0 Å². The van der Waals surface area contributed by atoms with Gasteiger partial charge >= 0.3 is 0 Å². The molecule has 0 bridgehead atoms. The van der Waals surface area contributed by atoms with Crippen molar-refractivity contribution < 1.29 is 0 Å². The smallest absolute Gasteiger partial charge is 0.00391 e. The minimum Gasteiger partial charge on any atom is -0.309 e. The lowest BCUT2D eigenvalue weighted by Gasteiger charge is -2.33. The fourth-order valence-electron chi connectivity index (χ4n) is 3.04. The summed E-state index contributed by atoms with van der Waals surface area (Å²) in [7, 11) is 4.34. The molecular formula is C13H27ClN2S. The summed E-state index contributed by atoms with van der Waals surface area (Å²) in [5.41, 5.74) is 0.726. The molecule has 2 rings (SSSR count). The molecule has 4 heteroatoms. The molecule has 2 aliphatic rings. The first-order chi connectivity index (χ1) is 7.70. The Labute approximate surface area is 117 Å². The van der Waals surface area contributed by atoms with Crippen molar-refractivity contribution in [1.29, 1.82) is 0 Å². The minimum absolute atomic E-state index is 0. The molecule has 0 radical (unpaired) electrons. The normalized spacial score (nSPS) is 24.2. The van der Waals surface area contributed by atoms with Gasteiger partial charge in [-0.3, -0.25) is 0 Å². The lowest BCUT2D eigenvalue weighted by Crippen LogP contribution is -2.32. The lowest BCUT2D eigenvalue weighted by atomic mass is 9.81. The first kappa shape index (κ1) is 15.6. The summed E-state index contributed by atoms with van der Waals surface area (Å²) in [5.74, 6) is 2.82. The molecule has 0 amide bonds. The van der Waals surface area contributed by atoms with Crippen LogP contribution >= 0.6 is 24.2 Å². The van der Waals surface area contributed by atoms with Gasteiger partial charge in [0.2, 0.25) is 0 Å². The van der Waals surface area contributed by atoms with Crippen LogP contribution in [0.25, 0.3) is 0 Å². The van der Waals surface area contributed by atoms with E-state index in [9.17, 15) is 0 Å². The van der Waals surface area contributed by atoms with Gasteiger partial charge in [-0.1, -0.05) is 0 Å². The van der Waals surface area contributed by atoms with E-state index in [1.807, 2.05) is 0 Å². The number of likely N-dealkylation sites (tertiary alicyclic amines) is 1. The maximum absolute atomic E-state index is 2.71. The van der Waals surface area contributed by atoms with Crippen LogP contribution in [-0.4, -0.2) is 61.6 Å². The molecule has 0 saturated carbocycles. The van der Waals surface area contributed by atoms with Crippen molar-refractivity contribution in [3.63, 3.8) is 0 Å². The van der Waals surface area contributed by atoms with E-state index in [0.717, 1.165) is 5.41 Å². The molecule has 0 unspecified atom stereocenters. The second-order valence-electron chi connectivity index (χ2n) is 5.80. The van der Waals surface area contributed by atoms with E-state index in [1.165, 1.54) is 63.4 Å². The maximum Gasteiger partial charge on any atom is 0.00391 e. The number of hydrogen-bond acceptors (Lipinski definition) is 3. The summed E-state index contributed by atoms with van der Waals surface area (Å²) in [5, 5.41) is 0. The van der Waals surface area contributed by atoms with Crippen molar-refractivity contribution in [3.05, 3.63) is 0 Å². The molecule has 2 saturated heterocycles. The van der Waals surface area contributed by atoms with Gasteiger partial charge in [-0.2, -0.15) is 11.8 Å². The van der Waals surface area contributed by atoms with Gasteiger partial charge in [0.05, 0.1) is 0 Å². The van der Waals surface area contributed by atoms with E-state index in [2.05, 4.69) is 35.7 Å². The number of rotatable bonds is 4. The fraction of sp³-hybridized carbons (Fsp3) is 1.00. The quantitative estimate of drug-likeness (QED) is 0.781. The Morgan fingerprint density at radius 3 is 2.53 bits per heavy atom. The van der Waals surface area contributed by atoms with Crippen molar-refractivity contribution in [2.24, 2.45) is 5.41 Å². The van der Waals surface area contributed by atoms with Crippen LogP contribution in [0.5, 0.6) is 0 Å². The Hall–Kier alpha value is 0.560. The molecule has 2 nitrogen and oxygen atoms in total. The standard InChI is InChI=1S/C13H26N2S.ClH/c1-14(2)7-3-8-15-9-4-13(12-15)5-10-16-11-6-13;/h3-12H2,1-2H3;1H. The molecule has 102 valence electrons. The Bertz CT molecular complexity index is 217. The third-order valence-corrected chi connectivity index (χ3v) is 5.14. The van der Waals surface area contributed by atoms with Gasteiger partial charge in [-0.05, 0) is 76.3 Å². The van der Waals surface area contributed by atoms with Crippen molar-refractivity contribution in [2.45, 2.75) is 25.7 Å². The molecule has 0 aliphatic carbocycles. The summed E-state index contributed by atoms with van der Waals surface area (Å²) in [6, 6.07) is 0. The highest BCUT2D eigenvalue weighted by Crippen LogP contribution is 2.42.